The molecule has 4 aromatic rings. The molecule has 0 saturated carbocycles. The smallest absolute Gasteiger partial charge is 0.339 e. The van der Waals surface area contributed by atoms with E-state index in [1.165, 1.54) is 21.4 Å². The third-order valence-corrected chi connectivity index (χ3v) is 4.60. The molecule has 2 aromatic heterocycles. The van der Waals surface area contributed by atoms with E-state index in [4.69, 9.17) is 11.7 Å². The van der Waals surface area contributed by atoms with Gasteiger partial charge in [-0.05, 0) is 55.0 Å². The number of carboxylic acid groups (broad SMARTS) is 1. The number of imidazole rings is 1. The molecule has 4 rings (SSSR count). The highest BCUT2D eigenvalue weighted by molar-refractivity contribution is 5.88. The second kappa shape index (κ2) is 6.73. The second-order valence-electron chi connectivity index (χ2n) is 6.35. The number of benzene rings is 2. The Morgan fingerprint density at radius 2 is 1.86 bits per heavy atom. The first kappa shape index (κ1) is 18.1. The van der Waals surface area contributed by atoms with Crippen molar-refractivity contribution < 1.29 is 14.3 Å². The maximum absolute atomic E-state index is 14.2. The lowest BCUT2D eigenvalue weighted by atomic mass is 10.2. The number of aromatic carboxylic acids is 1. The van der Waals surface area contributed by atoms with Gasteiger partial charge in [0.2, 0.25) is 0 Å². The van der Waals surface area contributed by atoms with Gasteiger partial charge in [-0.3, -0.25) is 4.57 Å². The van der Waals surface area contributed by atoms with Gasteiger partial charge < -0.3 is 5.11 Å². The molecule has 2 heterocycles. The molecule has 0 amide bonds. The third kappa shape index (κ3) is 2.85. The van der Waals surface area contributed by atoms with Crippen LogP contribution in [0.5, 0.6) is 0 Å². The quantitative estimate of drug-likeness (QED) is 0.540. The fraction of sp³-hybridized carbons (Fsp3) is 0.0476. The molecule has 29 heavy (non-hydrogen) atoms. The van der Waals surface area contributed by atoms with Gasteiger partial charge >= 0.3 is 11.7 Å². The van der Waals surface area contributed by atoms with E-state index in [1.54, 1.807) is 37.3 Å². The van der Waals surface area contributed by atoms with E-state index in [-0.39, 0.29) is 5.69 Å². The van der Waals surface area contributed by atoms with Crippen molar-refractivity contribution in [2.45, 2.75) is 6.92 Å². The highest BCUT2D eigenvalue weighted by atomic mass is 19.1. The lowest BCUT2D eigenvalue weighted by Crippen LogP contribution is -2.22. The molecule has 1 N–H and O–H groups in total. The summed E-state index contributed by atoms with van der Waals surface area (Å²) in [5, 5.41) is 9.03. The molecule has 0 aliphatic carbocycles. The van der Waals surface area contributed by atoms with Gasteiger partial charge in [0, 0.05) is 6.20 Å². The Morgan fingerprint density at radius 3 is 2.52 bits per heavy atom. The van der Waals surface area contributed by atoms with Crippen molar-refractivity contribution in [2.24, 2.45) is 0 Å². The van der Waals surface area contributed by atoms with Crippen molar-refractivity contribution in [3.8, 4) is 11.4 Å². The number of carbonyl (C=O) groups is 1. The summed E-state index contributed by atoms with van der Waals surface area (Å²) in [4.78, 5) is 32.1. The van der Waals surface area contributed by atoms with E-state index >= 15 is 0 Å². The lowest BCUT2D eigenvalue weighted by Gasteiger charge is -2.06. The molecule has 0 aliphatic rings. The maximum Gasteiger partial charge on any atom is 0.339 e. The number of halogens is 1. The molecule has 0 atom stereocenters. The van der Waals surface area contributed by atoms with E-state index in [1.807, 2.05) is 0 Å². The minimum Gasteiger partial charge on any atom is -0.478 e. The van der Waals surface area contributed by atoms with Crippen molar-refractivity contribution >= 4 is 22.8 Å². The molecule has 0 bridgehead atoms. The highest BCUT2D eigenvalue weighted by Crippen LogP contribution is 2.25. The number of hydrogen-bond donors (Lipinski definition) is 1. The fourth-order valence-corrected chi connectivity index (χ4v) is 3.23. The van der Waals surface area contributed by atoms with E-state index in [2.05, 4.69) is 9.83 Å². The van der Waals surface area contributed by atoms with Gasteiger partial charge in [-0.2, -0.15) is 0 Å². The summed E-state index contributed by atoms with van der Waals surface area (Å²) >= 11 is 0. The summed E-state index contributed by atoms with van der Waals surface area (Å²) in [7, 11) is 0. The van der Waals surface area contributed by atoms with Crippen LogP contribution < -0.4 is 5.69 Å². The second-order valence-corrected chi connectivity index (χ2v) is 6.35. The first-order valence-corrected chi connectivity index (χ1v) is 8.52. The van der Waals surface area contributed by atoms with Gasteiger partial charge in [-0.25, -0.2) is 28.4 Å². The van der Waals surface area contributed by atoms with Crippen LogP contribution in [0, 0.1) is 19.3 Å². The minimum atomic E-state index is -1.39. The number of hydrogen-bond acceptors (Lipinski definition) is 3. The van der Waals surface area contributed by atoms with Crippen LogP contribution in [0.25, 0.3) is 27.4 Å². The van der Waals surface area contributed by atoms with Gasteiger partial charge in [-0.1, -0.05) is 6.07 Å². The zero-order chi connectivity index (χ0) is 20.7. The van der Waals surface area contributed by atoms with E-state index in [0.29, 0.717) is 28.1 Å². The molecule has 0 aliphatic heterocycles. The molecular formula is C21H13FN4O3. The summed E-state index contributed by atoms with van der Waals surface area (Å²) in [6.45, 7) is 8.95. The SMILES string of the molecule is [C-]#[N+]c1ccc(-n2c(=O)n(-c3ccc(C(=O)O)c(F)c3)c3cccnc32)cc1C. The summed E-state index contributed by atoms with van der Waals surface area (Å²) in [6, 6.07) is 11.8. The van der Waals surface area contributed by atoms with Crippen LogP contribution in [-0.4, -0.2) is 25.2 Å². The Balaban J connectivity index is 2.01. The van der Waals surface area contributed by atoms with Crippen LogP contribution in [0.4, 0.5) is 10.1 Å². The summed E-state index contributed by atoms with van der Waals surface area (Å²) < 4.78 is 16.9. The first-order valence-electron chi connectivity index (χ1n) is 8.52. The van der Waals surface area contributed by atoms with Crippen LogP contribution in [0.2, 0.25) is 0 Å². The molecule has 0 unspecified atom stereocenters. The average molecular weight is 388 g/mol. The maximum atomic E-state index is 14.2. The number of fused-ring (bicyclic) bond motifs is 1. The Morgan fingerprint density at radius 1 is 1.14 bits per heavy atom. The van der Waals surface area contributed by atoms with Crippen LogP contribution in [0.1, 0.15) is 15.9 Å². The number of aryl methyl sites for hydroxylation is 1. The molecule has 0 saturated heterocycles. The van der Waals surface area contributed by atoms with Crippen LogP contribution in [0.3, 0.4) is 0 Å². The zero-order valence-electron chi connectivity index (χ0n) is 15.1. The Hall–Kier alpha value is -4.25. The van der Waals surface area contributed by atoms with Gasteiger partial charge in [-0.15, -0.1) is 0 Å². The third-order valence-electron chi connectivity index (χ3n) is 4.60. The molecule has 8 heteroatoms. The van der Waals surface area contributed by atoms with E-state index in [0.717, 1.165) is 12.1 Å². The molecule has 2 aromatic carbocycles. The van der Waals surface area contributed by atoms with Crippen molar-refractivity contribution in [2.75, 3.05) is 0 Å². The van der Waals surface area contributed by atoms with E-state index < -0.39 is 23.0 Å². The number of pyridine rings is 1. The summed E-state index contributed by atoms with van der Waals surface area (Å²) in [5.41, 5.74) is 1.71. The molecule has 142 valence electrons. The van der Waals surface area contributed by atoms with Crippen LogP contribution in [-0.2, 0) is 0 Å². The minimum absolute atomic E-state index is 0.184. The summed E-state index contributed by atoms with van der Waals surface area (Å²) in [6.07, 6.45) is 1.54. The normalized spacial score (nSPS) is 10.8. The van der Waals surface area contributed by atoms with Crippen LogP contribution in [0.15, 0.2) is 59.5 Å². The average Bonchev–Trinajstić information content (AvgIpc) is 2.99. The van der Waals surface area contributed by atoms with Crippen molar-refractivity contribution in [1.82, 2.24) is 14.1 Å². The molecule has 0 radical (unpaired) electrons. The predicted molar refractivity (Wildman–Crippen MR) is 105 cm³/mol. The molecule has 0 fully saturated rings. The van der Waals surface area contributed by atoms with Crippen molar-refractivity contribution in [1.29, 1.82) is 0 Å². The van der Waals surface area contributed by atoms with Gasteiger partial charge in [0.25, 0.3) is 0 Å². The fourth-order valence-electron chi connectivity index (χ4n) is 3.23. The lowest BCUT2D eigenvalue weighted by molar-refractivity contribution is 0.0692. The van der Waals surface area contributed by atoms with Gasteiger partial charge in [0.05, 0.1) is 29.0 Å². The largest absolute Gasteiger partial charge is 0.478 e. The number of carboxylic acids is 1. The van der Waals surface area contributed by atoms with Crippen molar-refractivity contribution in [3.05, 3.63) is 93.6 Å². The monoisotopic (exact) mass is 388 g/mol. The van der Waals surface area contributed by atoms with Gasteiger partial charge in [0.15, 0.2) is 11.3 Å². The topological polar surface area (TPSA) is 81.5 Å². The van der Waals surface area contributed by atoms with Crippen molar-refractivity contribution in [3.63, 3.8) is 0 Å². The first-order chi connectivity index (χ1) is 13.9. The van der Waals surface area contributed by atoms with Crippen LogP contribution >= 0.6 is 0 Å². The molecule has 0 spiro atoms. The predicted octanol–water partition coefficient (Wildman–Crippen LogP) is 3.87. The standard InChI is InChI=1S/C21H13FN4O3/c1-12-10-13(6-8-17(12)23-2)26-19-18(4-3-9-24-19)25(21(26)29)14-5-7-15(20(27)28)16(22)11-14/h3-11H,1H3,(H,27,28). The van der Waals surface area contributed by atoms with Gasteiger partial charge in [0.1, 0.15) is 5.82 Å². The number of aromatic nitrogens is 3. The number of rotatable bonds is 3. The molecular weight excluding hydrogens is 375 g/mol. The Kier molecular flexibility index (Phi) is 4.20. The van der Waals surface area contributed by atoms with E-state index in [9.17, 15) is 14.0 Å². The highest BCUT2D eigenvalue weighted by Gasteiger charge is 2.19. The number of nitrogens with zero attached hydrogens (tertiary/aromatic N) is 4. The summed E-state index contributed by atoms with van der Waals surface area (Å²) in [5.74, 6) is -2.33. The molecule has 7 nitrogen and oxygen atoms in total. The Bertz CT molecular complexity index is 1400. The Labute approximate surface area is 163 Å². The zero-order valence-corrected chi connectivity index (χ0v) is 15.1.